The fourth-order valence-corrected chi connectivity index (χ4v) is 1.45. The standard InChI is InChI=1S/C11H17F3N4O/c1-4-15-9-6(2)10(18-7(3)17-9)16-5-8(19)11(12,13)14/h8,19H,4-5H2,1-3H3,(H2,15,16,17,18). The van der Waals surface area contributed by atoms with E-state index in [9.17, 15) is 13.2 Å². The van der Waals surface area contributed by atoms with Gasteiger partial charge in [0.1, 0.15) is 17.5 Å². The van der Waals surface area contributed by atoms with E-state index in [1.807, 2.05) is 6.92 Å². The zero-order valence-corrected chi connectivity index (χ0v) is 11.0. The predicted molar refractivity (Wildman–Crippen MR) is 66.2 cm³/mol. The van der Waals surface area contributed by atoms with Gasteiger partial charge in [0.2, 0.25) is 0 Å². The number of aryl methyl sites for hydroxylation is 1. The first kappa shape index (κ1) is 15.5. The molecule has 19 heavy (non-hydrogen) atoms. The van der Waals surface area contributed by atoms with Crippen molar-refractivity contribution in [2.75, 3.05) is 23.7 Å². The Balaban J connectivity index is 2.84. The van der Waals surface area contributed by atoms with Crippen LogP contribution < -0.4 is 10.6 Å². The maximum absolute atomic E-state index is 12.2. The number of halogens is 3. The Bertz CT molecular complexity index is 437. The van der Waals surface area contributed by atoms with Crippen molar-refractivity contribution in [1.82, 2.24) is 9.97 Å². The molecule has 1 rings (SSSR count). The third-order valence-corrected chi connectivity index (χ3v) is 2.44. The van der Waals surface area contributed by atoms with Gasteiger partial charge in [-0.3, -0.25) is 0 Å². The summed E-state index contributed by atoms with van der Waals surface area (Å²) < 4.78 is 36.6. The Kier molecular flexibility index (Phi) is 4.93. The molecule has 0 aliphatic rings. The van der Waals surface area contributed by atoms with Crippen LogP contribution in [0.5, 0.6) is 0 Å². The summed E-state index contributed by atoms with van der Waals surface area (Å²) in [5.41, 5.74) is 0.613. The van der Waals surface area contributed by atoms with Gasteiger partial charge in [0.15, 0.2) is 6.10 Å². The highest BCUT2D eigenvalue weighted by Crippen LogP contribution is 2.23. The van der Waals surface area contributed by atoms with Crippen molar-refractivity contribution in [2.45, 2.75) is 33.1 Å². The number of hydrogen-bond acceptors (Lipinski definition) is 5. The molecule has 1 heterocycles. The lowest BCUT2D eigenvalue weighted by molar-refractivity contribution is -0.198. The quantitative estimate of drug-likeness (QED) is 0.767. The van der Waals surface area contributed by atoms with Crippen LogP contribution in [-0.4, -0.2) is 40.4 Å². The SMILES string of the molecule is CCNc1nc(C)nc(NCC(O)C(F)(F)F)c1C. The smallest absolute Gasteiger partial charge is 0.382 e. The van der Waals surface area contributed by atoms with Crippen LogP contribution in [-0.2, 0) is 0 Å². The molecule has 3 N–H and O–H groups in total. The van der Waals surface area contributed by atoms with Crippen molar-refractivity contribution in [3.63, 3.8) is 0 Å². The average Bonchev–Trinajstić information content (AvgIpc) is 2.30. The van der Waals surface area contributed by atoms with Gasteiger partial charge in [-0.15, -0.1) is 0 Å². The predicted octanol–water partition coefficient (Wildman–Crippen LogP) is 1.86. The van der Waals surface area contributed by atoms with Gasteiger partial charge in [-0.1, -0.05) is 0 Å². The molecule has 0 saturated carbocycles. The largest absolute Gasteiger partial charge is 0.416 e. The van der Waals surface area contributed by atoms with E-state index in [4.69, 9.17) is 5.11 Å². The summed E-state index contributed by atoms with van der Waals surface area (Å²) in [5.74, 6) is 1.29. The highest BCUT2D eigenvalue weighted by atomic mass is 19.4. The van der Waals surface area contributed by atoms with E-state index in [0.29, 0.717) is 23.8 Å². The number of hydrogen-bond donors (Lipinski definition) is 3. The summed E-state index contributed by atoms with van der Waals surface area (Å²) in [5, 5.41) is 14.4. The lowest BCUT2D eigenvalue weighted by atomic mass is 10.2. The molecule has 0 aliphatic carbocycles. The third-order valence-electron chi connectivity index (χ3n) is 2.44. The van der Waals surface area contributed by atoms with Crippen molar-refractivity contribution in [1.29, 1.82) is 0 Å². The maximum Gasteiger partial charge on any atom is 0.416 e. The van der Waals surface area contributed by atoms with Gasteiger partial charge in [-0.05, 0) is 20.8 Å². The zero-order valence-electron chi connectivity index (χ0n) is 11.0. The highest BCUT2D eigenvalue weighted by Gasteiger charge is 2.38. The fourth-order valence-electron chi connectivity index (χ4n) is 1.45. The normalized spacial score (nSPS) is 13.2. The van der Waals surface area contributed by atoms with Crippen LogP contribution in [0, 0.1) is 13.8 Å². The van der Waals surface area contributed by atoms with Crippen molar-refractivity contribution < 1.29 is 18.3 Å². The second-order valence-corrected chi connectivity index (χ2v) is 4.06. The lowest BCUT2D eigenvalue weighted by Gasteiger charge is -2.17. The Morgan fingerprint density at radius 1 is 1.16 bits per heavy atom. The first-order valence-electron chi connectivity index (χ1n) is 5.83. The molecule has 1 atom stereocenters. The fraction of sp³-hybridized carbons (Fsp3) is 0.636. The molecule has 0 bridgehead atoms. The molecule has 8 heteroatoms. The van der Waals surface area contributed by atoms with Crippen molar-refractivity contribution in [2.24, 2.45) is 0 Å². The minimum absolute atomic E-state index is 0.284. The van der Waals surface area contributed by atoms with Crippen LogP contribution in [0.15, 0.2) is 0 Å². The molecule has 0 amide bonds. The summed E-state index contributed by atoms with van der Waals surface area (Å²) >= 11 is 0. The number of anilines is 2. The van der Waals surface area contributed by atoms with Crippen molar-refractivity contribution >= 4 is 11.6 Å². The minimum Gasteiger partial charge on any atom is -0.382 e. The molecule has 5 nitrogen and oxygen atoms in total. The summed E-state index contributed by atoms with van der Waals surface area (Å²) in [6, 6.07) is 0. The van der Waals surface area contributed by atoms with E-state index in [1.54, 1.807) is 13.8 Å². The summed E-state index contributed by atoms with van der Waals surface area (Å²) in [4.78, 5) is 8.18. The Labute approximate surface area is 109 Å². The monoisotopic (exact) mass is 278 g/mol. The molecule has 108 valence electrons. The second kappa shape index (κ2) is 6.05. The van der Waals surface area contributed by atoms with Crippen LogP contribution >= 0.6 is 0 Å². The maximum atomic E-state index is 12.2. The first-order valence-corrected chi connectivity index (χ1v) is 5.83. The molecule has 1 aromatic rings. The van der Waals surface area contributed by atoms with Crippen LogP contribution in [0.25, 0.3) is 0 Å². The lowest BCUT2D eigenvalue weighted by Crippen LogP contribution is -2.35. The van der Waals surface area contributed by atoms with E-state index in [0.717, 1.165) is 0 Å². The van der Waals surface area contributed by atoms with E-state index >= 15 is 0 Å². The molecule has 0 aromatic carbocycles. The number of nitrogens with zero attached hydrogens (tertiary/aromatic N) is 2. The second-order valence-electron chi connectivity index (χ2n) is 4.06. The van der Waals surface area contributed by atoms with Crippen LogP contribution in [0.4, 0.5) is 24.8 Å². The molecular formula is C11H17F3N4O. The summed E-state index contributed by atoms with van der Waals surface area (Å²) in [7, 11) is 0. The summed E-state index contributed by atoms with van der Waals surface area (Å²) in [6.07, 6.45) is -7.07. The molecular weight excluding hydrogens is 261 g/mol. The topological polar surface area (TPSA) is 70.1 Å². The zero-order chi connectivity index (χ0) is 14.6. The van der Waals surface area contributed by atoms with Gasteiger partial charge in [0, 0.05) is 12.1 Å². The Morgan fingerprint density at radius 3 is 2.16 bits per heavy atom. The van der Waals surface area contributed by atoms with Gasteiger partial charge in [-0.2, -0.15) is 13.2 Å². The molecule has 0 aliphatic heterocycles. The number of rotatable bonds is 5. The first-order chi connectivity index (χ1) is 8.75. The molecule has 0 radical (unpaired) electrons. The van der Waals surface area contributed by atoms with E-state index in [2.05, 4.69) is 20.6 Å². The minimum atomic E-state index is -4.65. The Hall–Kier alpha value is -1.57. The number of aromatic nitrogens is 2. The number of aliphatic hydroxyl groups is 1. The van der Waals surface area contributed by atoms with Crippen molar-refractivity contribution in [3.8, 4) is 0 Å². The highest BCUT2D eigenvalue weighted by molar-refractivity contribution is 5.57. The molecule has 1 aromatic heterocycles. The Morgan fingerprint density at radius 2 is 1.68 bits per heavy atom. The van der Waals surface area contributed by atoms with Crippen LogP contribution in [0.1, 0.15) is 18.3 Å². The summed E-state index contributed by atoms with van der Waals surface area (Å²) in [6.45, 7) is 5.22. The molecule has 1 unspecified atom stereocenters. The van der Waals surface area contributed by atoms with Crippen molar-refractivity contribution in [3.05, 3.63) is 11.4 Å². The number of alkyl halides is 3. The third kappa shape index (κ3) is 4.23. The number of aliphatic hydroxyl groups excluding tert-OH is 1. The molecule has 0 saturated heterocycles. The van der Waals surface area contributed by atoms with Crippen LogP contribution in [0.2, 0.25) is 0 Å². The van der Waals surface area contributed by atoms with Crippen LogP contribution in [0.3, 0.4) is 0 Å². The van der Waals surface area contributed by atoms with Gasteiger partial charge in [-0.25, -0.2) is 9.97 Å². The molecule has 0 spiro atoms. The van der Waals surface area contributed by atoms with Gasteiger partial charge >= 0.3 is 6.18 Å². The van der Waals surface area contributed by atoms with Gasteiger partial charge < -0.3 is 15.7 Å². The van der Waals surface area contributed by atoms with E-state index in [-0.39, 0.29) is 5.82 Å². The molecule has 0 fully saturated rings. The number of nitrogens with one attached hydrogen (secondary N) is 2. The van der Waals surface area contributed by atoms with Gasteiger partial charge in [0.05, 0.1) is 6.54 Å². The van der Waals surface area contributed by atoms with Gasteiger partial charge in [0.25, 0.3) is 0 Å². The van der Waals surface area contributed by atoms with E-state index in [1.165, 1.54) is 0 Å². The average molecular weight is 278 g/mol. The van der Waals surface area contributed by atoms with E-state index < -0.39 is 18.8 Å².